The Kier molecular flexibility index (Phi) is 14.7. The van der Waals surface area contributed by atoms with Gasteiger partial charge in [0.2, 0.25) is 0 Å². The first-order valence-electron chi connectivity index (χ1n) is 15.4. The van der Waals surface area contributed by atoms with Crippen LogP contribution in [0.1, 0.15) is 60.7 Å². The van der Waals surface area contributed by atoms with Crippen LogP contribution in [0.2, 0.25) is 0 Å². The highest BCUT2D eigenvalue weighted by atomic mass is 79.9. The van der Waals surface area contributed by atoms with Gasteiger partial charge in [-0.15, -0.1) is 50.9 Å². The third-order valence-electron chi connectivity index (χ3n) is 8.40. The zero-order valence-electron chi connectivity index (χ0n) is 26.0. The Balaban J connectivity index is 0.00000200. The van der Waals surface area contributed by atoms with Crippen molar-refractivity contribution in [3.05, 3.63) is 95.1 Å². The Morgan fingerprint density at radius 3 is 1.04 bits per heavy atom. The van der Waals surface area contributed by atoms with Crippen LogP contribution in [-0.4, -0.2) is 85.8 Å². The zero-order valence-corrected chi connectivity index (χ0v) is 31.1. The topological polar surface area (TPSA) is 111 Å². The van der Waals surface area contributed by atoms with Crippen LogP contribution in [0, 0.1) is 0 Å². The quantitative estimate of drug-likeness (QED) is 0.106. The van der Waals surface area contributed by atoms with Gasteiger partial charge >= 0.3 is 0 Å². The average molecular weight is 834 g/mol. The van der Waals surface area contributed by atoms with Gasteiger partial charge in [-0.25, -0.2) is 0 Å². The molecular formula is C35H40Br3N5O4. The lowest BCUT2D eigenvalue weighted by atomic mass is 9.94. The van der Waals surface area contributed by atoms with E-state index in [4.69, 9.17) is 0 Å². The number of carbonyl (C=O) groups excluding carboxylic acids is 4. The van der Waals surface area contributed by atoms with E-state index in [1.807, 2.05) is 48.5 Å². The minimum Gasteiger partial charge on any atom is -0.317 e. The number of nitrogens with zero attached hydrogens (tertiary/aromatic N) is 2. The molecule has 0 saturated heterocycles. The molecule has 47 heavy (non-hydrogen) atoms. The van der Waals surface area contributed by atoms with Gasteiger partial charge in [-0.1, -0.05) is 48.5 Å². The average Bonchev–Trinajstić information content (AvgIpc) is 3.05. The molecule has 0 aromatic heterocycles. The van der Waals surface area contributed by atoms with E-state index in [-0.39, 0.29) is 74.6 Å². The molecule has 4 amide bonds. The lowest BCUT2D eigenvalue weighted by Gasteiger charge is -2.27. The maximum absolute atomic E-state index is 13.0. The van der Waals surface area contributed by atoms with Crippen LogP contribution in [0.15, 0.2) is 72.8 Å². The normalized spacial score (nSPS) is 13.4. The van der Waals surface area contributed by atoms with Gasteiger partial charge < -0.3 is 16.0 Å². The summed E-state index contributed by atoms with van der Waals surface area (Å²) in [4.78, 5) is 54.6. The van der Waals surface area contributed by atoms with E-state index < -0.39 is 0 Å². The van der Waals surface area contributed by atoms with E-state index in [9.17, 15) is 19.2 Å². The SMILES string of the molecule is Br.Br.Br.O=C1c2cccc3cccc(c23)C(=O)N1CCNCCCCNCCCNCCN1C(=O)c2cccc3cccc(c23)C1=O. The predicted molar refractivity (Wildman–Crippen MR) is 202 cm³/mol. The Labute approximate surface area is 306 Å². The molecule has 4 aromatic rings. The summed E-state index contributed by atoms with van der Waals surface area (Å²) in [5.74, 6) is -0.905. The highest BCUT2D eigenvalue weighted by molar-refractivity contribution is 8.93. The standard InChI is InChI=1S/C35H37N5O4.3BrH/c41-32-26-12-3-8-24-9-4-13-27(30(24)26)33(42)39(32)22-20-37-17-2-1-16-36-18-7-19-38-21-23-40-34(43)28-14-5-10-25-11-6-15-29(31(25)28)35(40)44;;;/h3-6,8-15,36-38H,1-2,7,16-23H2;3*1H. The summed E-state index contributed by atoms with van der Waals surface area (Å²) in [5.41, 5.74) is 2.37. The maximum atomic E-state index is 13.0. The van der Waals surface area contributed by atoms with Gasteiger partial charge in [-0.2, -0.15) is 0 Å². The molecule has 3 N–H and O–H groups in total. The molecule has 2 aliphatic heterocycles. The Hall–Kier alpha value is -3.00. The van der Waals surface area contributed by atoms with Crippen molar-refractivity contribution in [3.8, 4) is 0 Å². The van der Waals surface area contributed by atoms with Crippen LogP contribution >= 0.6 is 50.9 Å². The van der Waals surface area contributed by atoms with E-state index in [0.29, 0.717) is 48.4 Å². The largest absolute Gasteiger partial charge is 0.317 e. The fraction of sp³-hybridized carbons (Fsp3) is 0.314. The zero-order chi connectivity index (χ0) is 30.5. The molecular weight excluding hydrogens is 794 g/mol. The molecule has 2 heterocycles. The van der Waals surface area contributed by atoms with Crippen LogP contribution in [0.4, 0.5) is 0 Å². The molecule has 0 saturated carbocycles. The molecule has 9 nitrogen and oxygen atoms in total. The number of unbranched alkanes of at least 4 members (excludes halogenated alkanes) is 1. The smallest absolute Gasteiger partial charge is 0.261 e. The van der Waals surface area contributed by atoms with E-state index in [1.54, 1.807) is 24.3 Å². The van der Waals surface area contributed by atoms with Gasteiger partial charge in [0.05, 0.1) is 0 Å². The third kappa shape index (κ3) is 8.18. The van der Waals surface area contributed by atoms with Crippen LogP contribution < -0.4 is 16.0 Å². The van der Waals surface area contributed by atoms with Gasteiger partial charge in [0.15, 0.2) is 0 Å². The van der Waals surface area contributed by atoms with Crippen molar-refractivity contribution in [3.63, 3.8) is 0 Å². The van der Waals surface area contributed by atoms with Crippen molar-refractivity contribution in [1.29, 1.82) is 0 Å². The highest BCUT2D eigenvalue weighted by Gasteiger charge is 2.33. The van der Waals surface area contributed by atoms with Gasteiger partial charge in [0.1, 0.15) is 0 Å². The number of rotatable bonds is 15. The highest BCUT2D eigenvalue weighted by Crippen LogP contribution is 2.31. The summed E-state index contributed by atoms with van der Waals surface area (Å²) >= 11 is 0. The number of carbonyl (C=O) groups is 4. The Morgan fingerprint density at radius 1 is 0.404 bits per heavy atom. The van der Waals surface area contributed by atoms with E-state index in [1.165, 1.54) is 9.80 Å². The van der Waals surface area contributed by atoms with Crippen LogP contribution in [0.25, 0.3) is 21.5 Å². The van der Waals surface area contributed by atoms with Crippen molar-refractivity contribution < 1.29 is 19.2 Å². The molecule has 0 radical (unpaired) electrons. The fourth-order valence-corrected chi connectivity index (χ4v) is 6.16. The van der Waals surface area contributed by atoms with E-state index in [0.717, 1.165) is 67.0 Å². The number of halogens is 3. The molecule has 0 bridgehead atoms. The number of benzene rings is 4. The summed E-state index contributed by atoms with van der Waals surface area (Å²) in [6.45, 7) is 5.20. The summed E-state index contributed by atoms with van der Waals surface area (Å²) in [5, 5.41) is 13.5. The lowest BCUT2D eigenvalue weighted by Crippen LogP contribution is -2.44. The number of hydrogen-bond donors (Lipinski definition) is 3. The van der Waals surface area contributed by atoms with Gasteiger partial charge in [0, 0.05) is 59.2 Å². The molecule has 0 unspecified atom stereocenters. The second-order valence-electron chi connectivity index (χ2n) is 11.3. The van der Waals surface area contributed by atoms with Crippen molar-refractivity contribution in [1.82, 2.24) is 25.8 Å². The molecule has 6 rings (SSSR count). The van der Waals surface area contributed by atoms with Crippen LogP contribution in [-0.2, 0) is 0 Å². The van der Waals surface area contributed by atoms with Crippen molar-refractivity contribution in [2.45, 2.75) is 19.3 Å². The van der Waals surface area contributed by atoms with Gasteiger partial charge in [-0.3, -0.25) is 29.0 Å². The first kappa shape index (κ1) is 38.4. The number of imide groups is 2. The third-order valence-corrected chi connectivity index (χ3v) is 8.40. The first-order valence-corrected chi connectivity index (χ1v) is 15.4. The molecule has 12 heteroatoms. The van der Waals surface area contributed by atoms with Crippen molar-refractivity contribution in [2.24, 2.45) is 0 Å². The number of hydrogen-bond acceptors (Lipinski definition) is 7. The minimum absolute atomic E-state index is 0. The molecule has 0 atom stereocenters. The van der Waals surface area contributed by atoms with Crippen molar-refractivity contribution >= 4 is 96.1 Å². The molecule has 0 spiro atoms. The lowest BCUT2D eigenvalue weighted by molar-refractivity contribution is 0.0596. The van der Waals surface area contributed by atoms with Gasteiger partial charge in [0.25, 0.3) is 23.6 Å². The van der Waals surface area contributed by atoms with Crippen molar-refractivity contribution in [2.75, 3.05) is 52.4 Å². The molecule has 250 valence electrons. The minimum atomic E-state index is -0.227. The van der Waals surface area contributed by atoms with Crippen LogP contribution in [0.3, 0.4) is 0 Å². The van der Waals surface area contributed by atoms with E-state index >= 15 is 0 Å². The molecule has 0 fully saturated rings. The summed E-state index contributed by atoms with van der Waals surface area (Å²) < 4.78 is 0. The molecule has 4 aromatic carbocycles. The number of amides is 4. The molecule has 0 aliphatic carbocycles. The maximum Gasteiger partial charge on any atom is 0.261 e. The Bertz CT molecular complexity index is 1520. The second kappa shape index (κ2) is 18.0. The fourth-order valence-electron chi connectivity index (χ4n) is 6.16. The predicted octanol–water partition coefficient (Wildman–Crippen LogP) is 5.56. The summed E-state index contributed by atoms with van der Waals surface area (Å²) in [7, 11) is 0. The van der Waals surface area contributed by atoms with E-state index in [2.05, 4.69) is 16.0 Å². The first-order chi connectivity index (χ1) is 21.6. The summed E-state index contributed by atoms with van der Waals surface area (Å²) in [6, 6.07) is 22.3. The molecule has 2 aliphatic rings. The summed E-state index contributed by atoms with van der Waals surface area (Å²) in [6.07, 6.45) is 2.95. The van der Waals surface area contributed by atoms with Gasteiger partial charge in [-0.05, 0) is 80.5 Å². The van der Waals surface area contributed by atoms with Crippen LogP contribution in [0.5, 0.6) is 0 Å². The number of nitrogens with one attached hydrogen (secondary N) is 3. The second-order valence-corrected chi connectivity index (χ2v) is 11.3. The monoisotopic (exact) mass is 831 g/mol. The Morgan fingerprint density at radius 2 is 0.702 bits per heavy atom.